The molecule has 1 aliphatic heterocycles. The highest BCUT2D eigenvalue weighted by molar-refractivity contribution is 5.75. The summed E-state index contributed by atoms with van der Waals surface area (Å²) < 4.78 is 5.15. The summed E-state index contributed by atoms with van der Waals surface area (Å²) in [5, 5.41) is 9.55. The first-order chi connectivity index (χ1) is 6.69. The zero-order valence-corrected chi connectivity index (χ0v) is 8.61. The summed E-state index contributed by atoms with van der Waals surface area (Å²) in [5.74, 6) is -0.553. The number of carbonyl (C=O) groups is 1. The minimum absolute atomic E-state index is 0.0216. The Morgan fingerprint density at radius 3 is 3.07 bits per heavy atom. The Bertz CT molecular complexity index is 213. The number of carbonyl (C=O) groups excluding carboxylic acids is 1. The van der Waals surface area contributed by atoms with E-state index in [2.05, 4.69) is 6.58 Å². The molecule has 0 saturated carbocycles. The van der Waals surface area contributed by atoms with Crippen LogP contribution in [0.4, 0.5) is 0 Å². The fourth-order valence-electron chi connectivity index (χ4n) is 1.76. The second-order valence-electron chi connectivity index (χ2n) is 3.74. The minimum Gasteiger partial charge on any atom is -0.462 e. The van der Waals surface area contributed by atoms with E-state index in [-0.39, 0.29) is 18.0 Å². The molecule has 14 heavy (non-hydrogen) atoms. The molecule has 0 aromatic rings. The molecule has 0 spiro atoms. The van der Waals surface area contributed by atoms with Gasteiger partial charge < -0.3 is 9.84 Å². The van der Waals surface area contributed by atoms with Gasteiger partial charge in [0.25, 0.3) is 0 Å². The van der Waals surface area contributed by atoms with Crippen LogP contribution >= 0.6 is 0 Å². The van der Waals surface area contributed by atoms with Crippen LogP contribution in [0.15, 0.2) is 12.7 Å². The van der Waals surface area contributed by atoms with Crippen LogP contribution in [-0.4, -0.2) is 23.3 Å². The van der Waals surface area contributed by atoms with Crippen molar-refractivity contribution in [1.29, 1.82) is 0 Å². The van der Waals surface area contributed by atoms with Gasteiger partial charge in [-0.05, 0) is 19.3 Å². The Kier molecular flexibility index (Phi) is 4.14. The lowest BCUT2D eigenvalue weighted by Crippen LogP contribution is -2.23. The largest absolute Gasteiger partial charge is 0.462 e. The molecule has 1 rings (SSSR count). The van der Waals surface area contributed by atoms with Gasteiger partial charge in [0.15, 0.2) is 0 Å². The molecule has 0 bridgehead atoms. The predicted octanol–water partition coefficient (Wildman–Crippen LogP) is 1.66. The van der Waals surface area contributed by atoms with E-state index in [1.54, 1.807) is 0 Å². The van der Waals surface area contributed by atoms with E-state index in [9.17, 15) is 9.90 Å². The summed E-state index contributed by atoms with van der Waals surface area (Å²) in [6, 6.07) is 0. The van der Waals surface area contributed by atoms with Gasteiger partial charge in [0.05, 0.1) is 12.0 Å². The standard InChI is InChI=1S/C11H18O3/c1-3-5-6-8-7-9(10(12)4-2)11(13)14-8/h3,8-10,12H,1,4-7H2,2H3/t8-,9+,10-/m0/s1. The summed E-state index contributed by atoms with van der Waals surface area (Å²) in [7, 11) is 0. The van der Waals surface area contributed by atoms with Crippen molar-refractivity contribution in [3.8, 4) is 0 Å². The smallest absolute Gasteiger partial charge is 0.311 e. The van der Waals surface area contributed by atoms with Crippen molar-refractivity contribution in [2.24, 2.45) is 5.92 Å². The molecule has 0 aromatic heterocycles. The van der Waals surface area contributed by atoms with E-state index in [1.165, 1.54) is 0 Å². The van der Waals surface area contributed by atoms with E-state index in [1.807, 2.05) is 13.0 Å². The molecule has 3 nitrogen and oxygen atoms in total. The molecular weight excluding hydrogens is 180 g/mol. The van der Waals surface area contributed by atoms with E-state index in [0.717, 1.165) is 12.8 Å². The van der Waals surface area contributed by atoms with E-state index >= 15 is 0 Å². The van der Waals surface area contributed by atoms with Gasteiger partial charge in [0.2, 0.25) is 0 Å². The van der Waals surface area contributed by atoms with E-state index < -0.39 is 6.10 Å². The lowest BCUT2D eigenvalue weighted by atomic mass is 9.95. The van der Waals surface area contributed by atoms with Crippen LogP contribution in [0.3, 0.4) is 0 Å². The number of cyclic esters (lactones) is 1. The number of hydrogen-bond donors (Lipinski definition) is 1. The van der Waals surface area contributed by atoms with Crippen LogP contribution in [0.2, 0.25) is 0 Å². The third-order valence-corrected chi connectivity index (χ3v) is 2.68. The Morgan fingerprint density at radius 2 is 2.50 bits per heavy atom. The molecule has 0 unspecified atom stereocenters. The van der Waals surface area contributed by atoms with Crippen LogP contribution in [-0.2, 0) is 9.53 Å². The molecule has 1 saturated heterocycles. The molecule has 1 aliphatic rings. The van der Waals surface area contributed by atoms with Gasteiger partial charge in [-0.25, -0.2) is 0 Å². The SMILES string of the molecule is C=CCC[C@H]1C[C@H]([C@@H](O)CC)C(=O)O1. The topological polar surface area (TPSA) is 46.5 Å². The second-order valence-corrected chi connectivity index (χ2v) is 3.74. The molecule has 0 aromatic carbocycles. The van der Waals surface area contributed by atoms with Crippen molar-refractivity contribution in [1.82, 2.24) is 0 Å². The first-order valence-electron chi connectivity index (χ1n) is 5.18. The van der Waals surface area contributed by atoms with Gasteiger partial charge in [0, 0.05) is 6.42 Å². The van der Waals surface area contributed by atoms with Gasteiger partial charge in [-0.3, -0.25) is 4.79 Å². The Labute approximate surface area is 84.8 Å². The number of aliphatic hydroxyl groups excluding tert-OH is 1. The molecule has 0 aliphatic carbocycles. The van der Waals surface area contributed by atoms with Crippen molar-refractivity contribution >= 4 is 5.97 Å². The third kappa shape index (κ3) is 2.58. The monoisotopic (exact) mass is 198 g/mol. The van der Waals surface area contributed by atoms with Crippen molar-refractivity contribution in [2.45, 2.75) is 44.8 Å². The number of ether oxygens (including phenoxy) is 1. The van der Waals surface area contributed by atoms with Crippen LogP contribution in [0.1, 0.15) is 32.6 Å². The number of esters is 1. The molecule has 3 heteroatoms. The number of aliphatic hydroxyl groups is 1. The van der Waals surface area contributed by atoms with Gasteiger partial charge in [-0.2, -0.15) is 0 Å². The molecule has 80 valence electrons. The maximum atomic E-state index is 11.3. The molecule has 0 amide bonds. The zero-order chi connectivity index (χ0) is 10.6. The van der Waals surface area contributed by atoms with Gasteiger partial charge in [-0.1, -0.05) is 13.0 Å². The lowest BCUT2D eigenvalue weighted by Gasteiger charge is -2.11. The maximum absolute atomic E-state index is 11.3. The summed E-state index contributed by atoms with van der Waals surface area (Å²) in [6.07, 6.45) is 4.19. The molecule has 1 heterocycles. The third-order valence-electron chi connectivity index (χ3n) is 2.68. The molecule has 3 atom stereocenters. The van der Waals surface area contributed by atoms with Gasteiger partial charge in [0.1, 0.15) is 6.10 Å². The van der Waals surface area contributed by atoms with Crippen molar-refractivity contribution < 1.29 is 14.6 Å². The fourth-order valence-corrected chi connectivity index (χ4v) is 1.76. The number of hydrogen-bond acceptors (Lipinski definition) is 3. The zero-order valence-electron chi connectivity index (χ0n) is 8.61. The van der Waals surface area contributed by atoms with Crippen molar-refractivity contribution in [3.63, 3.8) is 0 Å². The number of rotatable bonds is 5. The number of allylic oxidation sites excluding steroid dienone is 1. The Morgan fingerprint density at radius 1 is 1.79 bits per heavy atom. The summed E-state index contributed by atoms with van der Waals surface area (Å²) >= 11 is 0. The highest BCUT2D eigenvalue weighted by Crippen LogP contribution is 2.28. The quantitative estimate of drug-likeness (QED) is 0.539. The molecule has 1 N–H and O–H groups in total. The second kappa shape index (κ2) is 5.15. The van der Waals surface area contributed by atoms with Crippen molar-refractivity contribution in [2.75, 3.05) is 0 Å². The molecular formula is C11H18O3. The van der Waals surface area contributed by atoms with Crippen LogP contribution in [0.25, 0.3) is 0 Å². The maximum Gasteiger partial charge on any atom is 0.311 e. The predicted molar refractivity (Wildman–Crippen MR) is 53.7 cm³/mol. The normalized spacial score (nSPS) is 28.6. The summed E-state index contributed by atoms with van der Waals surface area (Å²) in [4.78, 5) is 11.3. The molecule has 1 fully saturated rings. The van der Waals surface area contributed by atoms with Gasteiger partial charge in [-0.15, -0.1) is 6.58 Å². The van der Waals surface area contributed by atoms with Crippen molar-refractivity contribution in [3.05, 3.63) is 12.7 Å². The van der Waals surface area contributed by atoms with Gasteiger partial charge >= 0.3 is 5.97 Å². The van der Waals surface area contributed by atoms with Crippen LogP contribution < -0.4 is 0 Å². The average Bonchev–Trinajstić information content (AvgIpc) is 2.55. The van der Waals surface area contributed by atoms with Crippen LogP contribution in [0.5, 0.6) is 0 Å². The first kappa shape index (κ1) is 11.2. The highest BCUT2D eigenvalue weighted by atomic mass is 16.6. The average molecular weight is 198 g/mol. The Balaban J connectivity index is 2.42. The minimum atomic E-state index is -0.545. The lowest BCUT2D eigenvalue weighted by molar-refractivity contribution is -0.146. The molecule has 0 radical (unpaired) electrons. The summed E-state index contributed by atoms with van der Waals surface area (Å²) in [6.45, 7) is 5.49. The first-order valence-corrected chi connectivity index (χ1v) is 5.18. The van der Waals surface area contributed by atoms with Crippen LogP contribution in [0, 0.1) is 5.92 Å². The van der Waals surface area contributed by atoms with E-state index in [0.29, 0.717) is 12.8 Å². The Hall–Kier alpha value is -0.830. The summed E-state index contributed by atoms with van der Waals surface area (Å²) in [5.41, 5.74) is 0. The van der Waals surface area contributed by atoms with E-state index in [4.69, 9.17) is 4.74 Å². The highest BCUT2D eigenvalue weighted by Gasteiger charge is 2.37. The fraction of sp³-hybridized carbons (Fsp3) is 0.727.